The summed E-state index contributed by atoms with van der Waals surface area (Å²) in [6.07, 6.45) is -2.42. The van der Waals surface area contributed by atoms with Crippen LogP contribution >= 0.6 is 0 Å². The van der Waals surface area contributed by atoms with Gasteiger partial charge < -0.3 is 15.4 Å². The molecule has 0 unspecified atom stereocenters. The first-order valence-corrected chi connectivity index (χ1v) is 5.25. The highest BCUT2D eigenvalue weighted by atomic mass is 19.3. The average molecular weight is 246 g/mol. The molecule has 96 valence electrons. The predicted molar refractivity (Wildman–Crippen MR) is 61.6 cm³/mol. The second-order valence-electron chi connectivity index (χ2n) is 3.36. The van der Waals surface area contributed by atoms with Crippen molar-refractivity contribution >= 4 is 11.8 Å². The molecule has 5 nitrogen and oxygen atoms in total. The van der Waals surface area contributed by atoms with Gasteiger partial charge in [-0.3, -0.25) is 0 Å². The maximum absolute atomic E-state index is 11.8. The van der Waals surface area contributed by atoms with E-state index in [0.717, 1.165) is 5.69 Å². The first-order valence-electron chi connectivity index (χ1n) is 5.25. The Morgan fingerprint density at radius 1 is 1.41 bits per heavy atom. The lowest BCUT2D eigenvalue weighted by molar-refractivity contribution is 0.0215. The van der Waals surface area contributed by atoms with Crippen molar-refractivity contribution in [1.82, 2.24) is 9.97 Å². The van der Waals surface area contributed by atoms with Crippen LogP contribution in [0.5, 0.6) is 0 Å². The molecule has 0 aliphatic carbocycles. The van der Waals surface area contributed by atoms with Gasteiger partial charge in [0.2, 0.25) is 5.95 Å². The Morgan fingerprint density at radius 3 is 2.82 bits per heavy atom. The van der Waals surface area contributed by atoms with Crippen molar-refractivity contribution in [2.45, 2.75) is 13.3 Å². The van der Waals surface area contributed by atoms with Gasteiger partial charge in [0.15, 0.2) is 0 Å². The summed E-state index contributed by atoms with van der Waals surface area (Å²) in [5.74, 6) is 1.16. The number of halogens is 2. The standard InChI is InChI=1S/C10H16F2N4O/c1-7-5-9(16-10(13-2)15-7)14-3-4-17-6-8(11)12/h5,8H,3-4,6H2,1-2H3,(H2,13,14,15,16). The Hall–Kier alpha value is -1.50. The first kappa shape index (κ1) is 13.6. The maximum atomic E-state index is 11.8. The SMILES string of the molecule is CNc1nc(C)cc(NCCOCC(F)F)n1. The molecule has 0 atom stereocenters. The van der Waals surface area contributed by atoms with E-state index in [9.17, 15) is 8.78 Å². The van der Waals surface area contributed by atoms with Crippen LogP contribution in [0.1, 0.15) is 5.69 Å². The number of alkyl halides is 2. The highest BCUT2D eigenvalue weighted by Gasteiger charge is 2.02. The highest BCUT2D eigenvalue weighted by molar-refractivity contribution is 5.41. The number of ether oxygens (including phenoxy) is 1. The molecule has 1 aromatic heterocycles. The molecule has 0 fully saturated rings. The van der Waals surface area contributed by atoms with Crippen LogP contribution in [0.2, 0.25) is 0 Å². The van der Waals surface area contributed by atoms with E-state index < -0.39 is 13.0 Å². The van der Waals surface area contributed by atoms with Gasteiger partial charge in [-0.05, 0) is 6.92 Å². The van der Waals surface area contributed by atoms with Crippen molar-refractivity contribution < 1.29 is 13.5 Å². The molecule has 17 heavy (non-hydrogen) atoms. The molecule has 1 heterocycles. The molecule has 0 aliphatic heterocycles. The summed E-state index contributed by atoms with van der Waals surface area (Å²) in [7, 11) is 1.73. The lowest BCUT2D eigenvalue weighted by atomic mass is 10.4. The van der Waals surface area contributed by atoms with Gasteiger partial charge in [0.25, 0.3) is 6.43 Å². The predicted octanol–water partition coefficient (Wildman–Crippen LogP) is 1.52. The zero-order chi connectivity index (χ0) is 12.7. The van der Waals surface area contributed by atoms with E-state index in [-0.39, 0.29) is 6.61 Å². The summed E-state index contributed by atoms with van der Waals surface area (Å²) >= 11 is 0. The number of aryl methyl sites for hydroxylation is 1. The molecule has 0 bridgehead atoms. The van der Waals surface area contributed by atoms with Gasteiger partial charge in [-0.1, -0.05) is 0 Å². The summed E-state index contributed by atoms with van der Waals surface area (Å²) in [5, 5.41) is 5.80. The van der Waals surface area contributed by atoms with Crippen LogP contribution in [0, 0.1) is 6.92 Å². The van der Waals surface area contributed by atoms with E-state index >= 15 is 0 Å². The van der Waals surface area contributed by atoms with Crippen molar-refractivity contribution in [3.05, 3.63) is 11.8 Å². The van der Waals surface area contributed by atoms with E-state index in [0.29, 0.717) is 18.3 Å². The Morgan fingerprint density at radius 2 is 2.18 bits per heavy atom. The van der Waals surface area contributed by atoms with Crippen LogP contribution in [0.3, 0.4) is 0 Å². The second kappa shape index (κ2) is 6.95. The van der Waals surface area contributed by atoms with Crippen molar-refractivity contribution in [1.29, 1.82) is 0 Å². The number of hydrogen-bond donors (Lipinski definition) is 2. The summed E-state index contributed by atoms with van der Waals surface area (Å²) in [5.41, 5.74) is 0.820. The minimum absolute atomic E-state index is 0.211. The molecule has 0 spiro atoms. The average Bonchev–Trinajstić information content (AvgIpc) is 2.27. The quantitative estimate of drug-likeness (QED) is 0.714. The first-order chi connectivity index (χ1) is 8.11. The van der Waals surface area contributed by atoms with Gasteiger partial charge >= 0.3 is 0 Å². The maximum Gasteiger partial charge on any atom is 0.261 e. The molecule has 2 N–H and O–H groups in total. The van der Waals surface area contributed by atoms with Crippen LogP contribution in [-0.2, 0) is 4.74 Å². The van der Waals surface area contributed by atoms with E-state index in [2.05, 4.69) is 20.6 Å². The smallest absolute Gasteiger partial charge is 0.261 e. The van der Waals surface area contributed by atoms with Crippen LogP contribution in [-0.4, -0.2) is 43.2 Å². The molecule has 7 heteroatoms. The Bertz CT molecular complexity index is 349. The van der Waals surface area contributed by atoms with Crippen LogP contribution in [0.25, 0.3) is 0 Å². The number of anilines is 2. The fourth-order valence-electron chi connectivity index (χ4n) is 1.19. The van der Waals surface area contributed by atoms with Gasteiger partial charge in [0, 0.05) is 25.4 Å². The van der Waals surface area contributed by atoms with Crippen LogP contribution in [0.15, 0.2) is 6.07 Å². The van der Waals surface area contributed by atoms with E-state index in [1.54, 1.807) is 13.1 Å². The summed E-state index contributed by atoms with van der Waals surface area (Å²) in [6, 6.07) is 1.77. The molecule has 0 saturated carbocycles. The van der Waals surface area contributed by atoms with Crippen molar-refractivity contribution in [2.75, 3.05) is 37.4 Å². The van der Waals surface area contributed by atoms with Crippen molar-refractivity contribution in [3.8, 4) is 0 Å². The van der Waals surface area contributed by atoms with Gasteiger partial charge in [-0.2, -0.15) is 4.98 Å². The van der Waals surface area contributed by atoms with E-state index in [1.165, 1.54) is 0 Å². The fourth-order valence-corrected chi connectivity index (χ4v) is 1.19. The highest BCUT2D eigenvalue weighted by Crippen LogP contribution is 2.08. The largest absolute Gasteiger partial charge is 0.374 e. The molecule has 0 aliphatic rings. The van der Waals surface area contributed by atoms with Crippen LogP contribution < -0.4 is 10.6 Å². The molecular formula is C10H16F2N4O. The molecule has 0 saturated heterocycles. The van der Waals surface area contributed by atoms with Crippen LogP contribution in [0.4, 0.5) is 20.5 Å². The molecule has 0 aromatic carbocycles. The number of rotatable bonds is 7. The third-order valence-corrected chi connectivity index (χ3v) is 1.87. The molecule has 0 amide bonds. The molecule has 1 rings (SSSR count). The Kier molecular flexibility index (Phi) is 5.55. The van der Waals surface area contributed by atoms with E-state index in [4.69, 9.17) is 4.74 Å². The number of hydrogen-bond acceptors (Lipinski definition) is 5. The normalized spacial score (nSPS) is 10.6. The fraction of sp³-hybridized carbons (Fsp3) is 0.600. The van der Waals surface area contributed by atoms with Crippen molar-refractivity contribution in [2.24, 2.45) is 0 Å². The van der Waals surface area contributed by atoms with Crippen molar-refractivity contribution in [3.63, 3.8) is 0 Å². The third kappa shape index (κ3) is 5.39. The third-order valence-electron chi connectivity index (χ3n) is 1.87. The minimum atomic E-state index is -2.42. The monoisotopic (exact) mass is 246 g/mol. The second-order valence-corrected chi connectivity index (χ2v) is 3.36. The van der Waals surface area contributed by atoms with Gasteiger partial charge in [-0.15, -0.1) is 0 Å². The summed E-state index contributed by atoms with van der Waals surface area (Å²) in [6.45, 7) is 1.95. The lowest BCUT2D eigenvalue weighted by Crippen LogP contribution is -2.14. The number of nitrogens with one attached hydrogen (secondary N) is 2. The minimum Gasteiger partial charge on any atom is -0.374 e. The Labute approximate surface area is 98.6 Å². The number of aromatic nitrogens is 2. The number of nitrogens with zero attached hydrogens (tertiary/aromatic N) is 2. The summed E-state index contributed by atoms with van der Waals surface area (Å²) < 4.78 is 28.3. The molecule has 0 radical (unpaired) electrons. The summed E-state index contributed by atoms with van der Waals surface area (Å²) in [4.78, 5) is 8.28. The topological polar surface area (TPSA) is 59.1 Å². The lowest BCUT2D eigenvalue weighted by Gasteiger charge is -2.08. The zero-order valence-electron chi connectivity index (χ0n) is 9.83. The zero-order valence-corrected chi connectivity index (χ0v) is 9.83. The Balaban J connectivity index is 2.33. The van der Waals surface area contributed by atoms with Gasteiger partial charge in [-0.25, -0.2) is 13.8 Å². The molecular weight excluding hydrogens is 230 g/mol. The van der Waals surface area contributed by atoms with Gasteiger partial charge in [0.05, 0.1) is 6.61 Å². The van der Waals surface area contributed by atoms with E-state index in [1.807, 2.05) is 6.92 Å². The van der Waals surface area contributed by atoms with Gasteiger partial charge in [0.1, 0.15) is 12.4 Å². The molecule has 1 aromatic rings.